The Labute approximate surface area is 167 Å². The highest BCUT2D eigenvalue weighted by molar-refractivity contribution is 6.35. The second-order valence-corrected chi connectivity index (χ2v) is 6.62. The van der Waals surface area contributed by atoms with Crippen LogP contribution in [-0.4, -0.2) is 27.4 Å². The van der Waals surface area contributed by atoms with Crippen LogP contribution >= 0.6 is 23.2 Å². The van der Waals surface area contributed by atoms with E-state index < -0.39 is 36.0 Å². The van der Waals surface area contributed by atoms with Crippen molar-refractivity contribution in [1.82, 2.24) is 15.1 Å². The van der Waals surface area contributed by atoms with Crippen molar-refractivity contribution in [1.29, 1.82) is 0 Å². The topological polar surface area (TPSA) is 67.2 Å². The van der Waals surface area contributed by atoms with E-state index in [1.54, 1.807) is 12.1 Å². The van der Waals surface area contributed by atoms with Crippen molar-refractivity contribution in [3.05, 3.63) is 81.3 Å². The molecule has 3 rings (SSSR count). The summed E-state index contributed by atoms with van der Waals surface area (Å²) < 4.78 is 41.3. The first-order valence-electron chi connectivity index (χ1n) is 7.86. The van der Waals surface area contributed by atoms with E-state index in [1.165, 1.54) is 23.1 Å². The van der Waals surface area contributed by atoms with Gasteiger partial charge in [0.05, 0.1) is 35.1 Å². The number of nitrogens with zero attached hydrogens (tertiary/aromatic N) is 2. The van der Waals surface area contributed by atoms with Crippen LogP contribution in [0.15, 0.2) is 42.7 Å². The summed E-state index contributed by atoms with van der Waals surface area (Å²) in [4.78, 5) is 12.4. The Balaban J connectivity index is 1.81. The zero-order valence-electron chi connectivity index (χ0n) is 14.0. The number of hydrogen-bond acceptors (Lipinski definition) is 3. The number of rotatable bonds is 5. The summed E-state index contributed by atoms with van der Waals surface area (Å²) in [6, 6.07) is 4.98. The molecular weight excluding hydrogens is 418 g/mol. The van der Waals surface area contributed by atoms with Gasteiger partial charge in [-0.15, -0.1) is 0 Å². The van der Waals surface area contributed by atoms with Crippen molar-refractivity contribution in [3.63, 3.8) is 0 Å². The van der Waals surface area contributed by atoms with Gasteiger partial charge < -0.3 is 10.4 Å². The monoisotopic (exact) mass is 429 g/mol. The molecule has 0 aliphatic heterocycles. The molecule has 5 nitrogen and oxygen atoms in total. The van der Waals surface area contributed by atoms with Gasteiger partial charge in [-0.25, -0.2) is 17.9 Å². The van der Waals surface area contributed by atoms with Crippen molar-refractivity contribution in [2.45, 2.75) is 6.04 Å². The molecule has 1 heterocycles. The maximum absolute atomic E-state index is 13.4. The standard InChI is InChI=1S/C18H12Cl2F3N3O2/c19-11-1-2-16(12(20)5-11)26-7-10(6-24-26)18(28)25-15(8-27)9-3-13(21)17(23)14(22)4-9/h1-7,15,27H,8H2,(H,25,28). The minimum absolute atomic E-state index is 0.104. The molecule has 0 saturated carbocycles. The number of carbonyl (C=O) groups excluding carboxylic acids is 1. The highest BCUT2D eigenvalue weighted by atomic mass is 35.5. The molecule has 2 N–H and O–H groups in total. The third-order valence-corrected chi connectivity index (χ3v) is 4.44. The van der Waals surface area contributed by atoms with E-state index in [0.29, 0.717) is 27.9 Å². The van der Waals surface area contributed by atoms with Crippen LogP contribution in [0.2, 0.25) is 10.0 Å². The number of carbonyl (C=O) groups is 1. The number of nitrogens with one attached hydrogen (secondary N) is 1. The van der Waals surface area contributed by atoms with Crippen LogP contribution in [0.5, 0.6) is 0 Å². The number of aliphatic hydroxyl groups is 1. The van der Waals surface area contributed by atoms with Gasteiger partial charge in [-0.05, 0) is 35.9 Å². The van der Waals surface area contributed by atoms with Crippen LogP contribution in [0.3, 0.4) is 0 Å². The third-order valence-electron chi connectivity index (χ3n) is 3.90. The second kappa shape index (κ2) is 8.22. The molecule has 1 amide bonds. The van der Waals surface area contributed by atoms with E-state index in [1.807, 2.05) is 0 Å². The van der Waals surface area contributed by atoms with Crippen LogP contribution in [-0.2, 0) is 0 Å². The number of benzene rings is 2. The first kappa shape index (κ1) is 20.2. The molecule has 10 heteroatoms. The smallest absolute Gasteiger partial charge is 0.255 e. The molecule has 0 radical (unpaired) electrons. The highest BCUT2D eigenvalue weighted by Crippen LogP contribution is 2.24. The van der Waals surface area contributed by atoms with Gasteiger partial charge in [0.15, 0.2) is 17.5 Å². The quantitative estimate of drug-likeness (QED) is 0.601. The van der Waals surface area contributed by atoms with Gasteiger partial charge in [0.2, 0.25) is 0 Å². The van der Waals surface area contributed by atoms with Gasteiger partial charge in [0.1, 0.15) is 0 Å². The molecule has 3 aromatic rings. The van der Waals surface area contributed by atoms with Crippen molar-refractivity contribution >= 4 is 29.1 Å². The predicted molar refractivity (Wildman–Crippen MR) is 97.2 cm³/mol. The summed E-state index contributed by atoms with van der Waals surface area (Å²) in [5.41, 5.74) is 0.458. The lowest BCUT2D eigenvalue weighted by atomic mass is 10.1. The number of hydrogen-bond donors (Lipinski definition) is 2. The molecular formula is C18H12Cl2F3N3O2. The predicted octanol–water partition coefficient (Wildman–Crippen LogP) is 4.06. The molecule has 1 aromatic heterocycles. The average Bonchev–Trinajstić information content (AvgIpc) is 3.13. The third kappa shape index (κ3) is 4.14. The van der Waals surface area contributed by atoms with E-state index in [4.69, 9.17) is 23.2 Å². The maximum atomic E-state index is 13.4. The average molecular weight is 430 g/mol. The Morgan fingerprint density at radius 1 is 1.18 bits per heavy atom. The molecule has 28 heavy (non-hydrogen) atoms. The van der Waals surface area contributed by atoms with Crippen molar-refractivity contribution in [3.8, 4) is 5.69 Å². The zero-order chi connectivity index (χ0) is 20.4. The zero-order valence-corrected chi connectivity index (χ0v) is 15.5. The Morgan fingerprint density at radius 2 is 1.86 bits per heavy atom. The molecule has 0 fully saturated rings. The molecule has 0 bridgehead atoms. The van der Waals surface area contributed by atoms with E-state index in [-0.39, 0.29) is 11.1 Å². The lowest BCUT2D eigenvalue weighted by Gasteiger charge is -2.16. The normalized spacial score (nSPS) is 12.1. The summed E-state index contributed by atoms with van der Waals surface area (Å²) >= 11 is 11.9. The van der Waals surface area contributed by atoms with E-state index in [0.717, 1.165) is 0 Å². The van der Waals surface area contributed by atoms with E-state index in [9.17, 15) is 23.1 Å². The van der Waals surface area contributed by atoms with Crippen molar-refractivity contribution in [2.75, 3.05) is 6.61 Å². The van der Waals surface area contributed by atoms with E-state index in [2.05, 4.69) is 10.4 Å². The number of aliphatic hydroxyl groups excluding tert-OH is 1. The van der Waals surface area contributed by atoms with Gasteiger partial charge in [-0.3, -0.25) is 4.79 Å². The molecule has 1 atom stereocenters. The summed E-state index contributed by atoms with van der Waals surface area (Å²) in [6.07, 6.45) is 2.63. The fourth-order valence-corrected chi connectivity index (χ4v) is 2.99. The largest absolute Gasteiger partial charge is 0.394 e. The fourth-order valence-electron chi connectivity index (χ4n) is 2.49. The molecule has 0 aliphatic rings. The second-order valence-electron chi connectivity index (χ2n) is 5.78. The SMILES string of the molecule is O=C(NC(CO)c1cc(F)c(F)c(F)c1)c1cnn(-c2ccc(Cl)cc2Cl)c1. The molecule has 0 saturated heterocycles. The molecule has 1 unspecified atom stereocenters. The van der Waals surface area contributed by atoms with Gasteiger partial charge >= 0.3 is 0 Å². The molecule has 146 valence electrons. The lowest BCUT2D eigenvalue weighted by molar-refractivity contribution is 0.0916. The summed E-state index contributed by atoms with van der Waals surface area (Å²) in [5, 5.41) is 16.7. The first-order chi connectivity index (χ1) is 13.3. The lowest BCUT2D eigenvalue weighted by Crippen LogP contribution is -2.30. The van der Waals surface area contributed by atoms with Gasteiger partial charge in [-0.1, -0.05) is 23.2 Å². The van der Waals surface area contributed by atoms with Crippen LogP contribution in [0.4, 0.5) is 13.2 Å². The minimum atomic E-state index is -1.63. The Bertz CT molecular complexity index is 1020. The Hall–Kier alpha value is -2.55. The Morgan fingerprint density at radius 3 is 2.46 bits per heavy atom. The first-order valence-corrected chi connectivity index (χ1v) is 8.62. The number of amides is 1. The van der Waals surface area contributed by atoms with Crippen LogP contribution in [0.1, 0.15) is 22.0 Å². The molecule has 2 aromatic carbocycles. The highest BCUT2D eigenvalue weighted by Gasteiger charge is 2.20. The van der Waals surface area contributed by atoms with Crippen molar-refractivity contribution in [2.24, 2.45) is 0 Å². The summed E-state index contributed by atoms with van der Waals surface area (Å²) in [5.74, 6) is -5.14. The van der Waals surface area contributed by atoms with Crippen molar-refractivity contribution < 1.29 is 23.1 Å². The number of aromatic nitrogens is 2. The summed E-state index contributed by atoms with van der Waals surface area (Å²) in [7, 11) is 0. The van der Waals surface area contributed by atoms with Crippen LogP contribution in [0, 0.1) is 17.5 Å². The fraction of sp³-hybridized carbons (Fsp3) is 0.111. The molecule has 0 aliphatic carbocycles. The van der Waals surface area contributed by atoms with Crippen LogP contribution < -0.4 is 5.32 Å². The summed E-state index contributed by atoms with van der Waals surface area (Å²) in [6.45, 7) is -0.659. The van der Waals surface area contributed by atoms with Gasteiger partial charge in [0, 0.05) is 11.2 Å². The van der Waals surface area contributed by atoms with Crippen LogP contribution in [0.25, 0.3) is 5.69 Å². The number of halogens is 5. The van der Waals surface area contributed by atoms with E-state index >= 15 is 0 Å². The molecule has 0 spiro atoms. The van der Waals surface area contributed by atoms with Gasteiger partial charge in [-0.2, -0.15) is 5.10 Å². The maximum Gasteiger partial charge on any atom is 0.255 e. The minimum Gasteiger partial charge on any atom is -0.394 e. The van der Waals surface area contributed by atoms with Gasteiger partial charge in [0.25, 0.3) is 5.91 Å². The Kier molecular flexibility index (Phi) is 5.93.